The number of alkyl halides is 5. The van der Waals surface area contributed by atoms with Crippen molar-refractivity contribution in [3.05, 3.63) is 0 Å². The summed E-state index contributed by atoms with van der Waals surface area (Å²) in [7, 11) is 0. The average Bonchev–Trinajstić information content (AvgIpc) is 2.39. The van der Waals surface area contributed by atoms with E-state index in [0.717, 1.165) is 19.3 Å². The third kappa shape index (κ3) is 8.21. The Kier molecular flexibility index (Phi) is 9.53. The van der Waals surface area contributed by atoms with Crippen molar-refractivity contribution in [2.45, 2.75) is 76.8 Å². The summed E-state index contributed by atoms with van der Waals surface area (Å²) in [5, 5.41) is 1.64. The smallest absolute Gasteiger partial charge is 0.351 e. The van der Waals surface area contributed by atoms with E-state index >= 15 is 0 Å². The molecule has 0 radical (unpaired) electrons. The zero-order chi connectivity index (χ0) is 16.4. The molecule has 0 unspecified atom stereocenters. The van der Waals surface area contributed by atoms with Crippen LogP contribution in [0.3, 0.4) is 0 Å². The highest BCUT2D eigenvalue weighted by molar-refractivity contribution is 5.84. The second kappa shape index (κ2) is 9.95. The van der Waals surface area contributed by atoms with Crippen LogP contribution in [-0.2, 0) is 4.79 Å². The number of hydrogen-bond donors (Lipinski definition) is 1. The number of halogens is 5. The number of rotatable bonds is 11. The quantitative estimate of drug-likeness (QED) is 0.429. The molecular weight excluding hydrogens is 293 g/mol. The van der Waals surface area contributed by atoms with E-state index in [1.807, 2.05) is 0 Å². The normalized spacial score (nSPS) is 12.5. The SMILES string of the molecule is CCCCCCCCCCCNC(=O)C(F)(F)C(F)(F)F. The lowest BCUT2D eigenvalue weighted by atomic mass is 10.1. The van der Waals surface area contributed by atoms with Gasteiger partial charge in [-0.15, -0.1) is 0 Å². The monoisotopic (exact) mass is 317 g/mol. The Hall–Kier alpha value is -0.880. The van der Waals surface area contributed by atoms with Crippen molar-refractivity contribution in [3.63, 3.8) is 0 Å². The number of nitrogens with one attached hydrogen (secondary N) is 1. The van der Waals surface area contributed by atoms with Crippen LogP contribution in [0.15, 0.2) is 0 Å². The average molecular weight is 317 g/mol. The van der Waals surface area contributed by atoms with Gasteiger partial charge in [-0.25, -0.2) is 0 Å². The first-order chi connectivity index (χ1) is 9.73. The minimum Gasteiger partial charge on any atom is -0.351 e. The van der Waals surface area contributed by atoms with Crippen LogP contribution in [-0.4, -0.2) is 24.6 Å². The fourth-order valence-electron chi connectivity index (χ4n) is 1.88. The zero-order valence-corrected chi connectivity index (χ0v) is 12.4. The third-order valence-electron chi connectivity index (χ3n) is 3.21. The first-order valence-electron chi connectivity index (χ1n) is 7.46. The maximum atomic E-state index is 12.6. The topological polar surface area (TPSA) is 29.1 Å². The van der Waals surface area contributed by atoms with E-state index in [9.17, 15) is 26.7 Å². The molecule has 0 bridgehead atoms. The summed E-state index contributed by atoms with van der Waals surface area (Å²) in [6.45, 7) is 1.98. The number of hydrogen-bond acceptors (Lipinski definition) is 1. The Morgan fingerprint density at radius 2 is 1.24 bits per heavy atom. The Labute approximate surface area is 122 Å². The van der Waals surface area contributed by atoms with Crippen molar-refractivity contribution in [1.82, 2.24) is 5.32 Å². The van der Waals surface area contributed by atoms with Gasteiger partial charge in [0, 0.05) is 6.54 Å². The van der Waals surface area contributed by atoms with Gasteiger partial charge < -0.3 is 5.32 Å². The summed E-state index contributed by atoms with van der Waals surface area (Å²) in [6.07, 6.45) is 3.10. The molecule has 0 spiro atoms. The van der Waals surface area contributed by atoms with E-state index in [1.165, 1.54) is 25.7 Å². The Morgan fingerprint density at radius 3 is 1.67 bits per heavy atom. The van der Waals surface area contributed by atoms with Crippen LogP contribution in [0.1, 0.15) is 64.7 Å². The van der Waals surface area contributed by atoms with Gasteiger partial charge in [0.2, 0.25) is 0 Å². The molecule has 0 fully saturated rings. The van der Waals surface area contributed by atoms with Crippen LogP contribution in [0.2, 0.25) is 0 Å². The van der Waals surface area contributed by atoms with Crippen LogP contribution in [0.4, 0.5) is 22.0 Å². The maximum Gasteiger partial charge on any atom is 0.463 e. The lowest BCUT2D eigenvalue weighted by molar-refractivity contribution is -0.269. The summed E-state index contributed by atoms with van der Waals surface area (Å²) in [5.41, 5.74) is 0. The lowest BCUT2D eigenvalue weighted by Gasteiger charge is -2.18. The highest BCUT2D eigenvalue weighted by atomic mass is 19.4. The highest BCUT2D eigenvalue weighted by Gasteiger charge is 2.63. The minimum atomic E-state index is -5.84. The first-order valence-corrected chi connectivity index (χ1v) is 7.46. The van der Waals surface area contributed by atoms with Gasteiger partial charge >= 0.3 is 12.1 Å². The standard InChI is InChI=1S/C14H24F5NO/c1-2-3-4-5-6-7-8-9-10-11-20-12(21)13(15,16)14(17,18)19/h2-11H2,1H3,(H,20,21). The molecule has 21 heavy (non-hydrogen) atoms. The lowest BCUT2D eigenvalue weighted by Crippen LogP contribution is -2.50. The van der Waals surface area contributed by atoms with E-state index in [4.69, 9.17) is 0 Å². The van der Waals surface area contributed by atoms with E-state index in [0.29, 0.717) is 12.8 Å². The van der Waals surface area contributed by atoms with Crippen molar-refractivity contribution >= 4 is 5.91 Å². The molecule has 1 amide bonds. The molecule has 0 aromatic rings. The Morgan fingerprint density at radius 1 is 0.810 bits per heavy atom. The molecule has 0 aromatic carbocycles. The second-order valence-corrected chi connectivity index (χ2v) is 5.16. The van der Waals surface area contributed by atoms with E-state index < -0.39 is 18.0 Å². The van der Waals surface area contributed by atoms with Crippen LogP contribution in [0.5, 0.6) is 0 Å². The van der Waals surface area contributed by atoms with Crippen molar-refractivity contribution in [3.8, 4) is 0 Å². The van der Waals surface area contributed by atoms with Gasteiger partial charge in [-0.05, 0) is 6.42 Å². The molecule has 126 valence electrons. The largest absolute Gasteiger partial charge is 0.463 e. The molecular formula is C14H24F5NO. The summed E-state index contributed by atoms with van der Waals surface area (Å²) in [4.78, 5) is 10.8. The van der Waals surface area contributed by atoms with Crippen LogP contribution in [0, 0.1) is 0 Å². The number of carbonyl (C=O) groups excluding carboxylic acids is 1. The van der Waals surface area contributed by atoms with Gasteiger partial charge in [-0.1, -0.05) is 58.3 Å². The number of amides is 1. The zero-order valence-electron chi connectivity index (χ0n) is 12.4. The molecule has 0 aliphatic carbocycles. The van der Waals surface area contributed by atoms with Crippen molar-refractivity contribution in [1.29, 1.82) is 0 Å². The molecule has 0 aliphatic rings. The summed E-state index contributed by atoms with van der Waals surface area (Å²) >= 11 is 0. The molecule has 0 heterocycles. The predicted octanol–water partition coefficient (Wildman–Crippen LogP) is 4.83. The van der Waals surface area contributed by atoms with Crippen molar-refractivity contribution in [2.24, 2.45) is 0 Å². The Balaban J connectivity index is 3.57. The molecule has 0 saturated heterocycles. The maximum absolute atomic E-state index is 12.6. The molecule has 1 N–H and O–H groups in total. The van der Waals surface area contributed by atoms with Gasteiger partial charge in [0.05, 0.1) is 0 Å². The Bertz CT molecular complexity index is 292. The summed E-state index contributed by atoms with van der Waals surface area (Å²) in [6, 6.07) is 0. The van der Waals surface area contributed by atoms with Crippen LogP contribution in [0.25, 0.3) is 0 Å². The summed E-state index contributed by atoms with van der Waals surface area (Å²) < 4.78 is 60.8. The highest BCUT2D eigenvalue weighted by Crippen LogP contribution is 2.35. The van der Waals surface area contributed by atoms with Crippen molar-refractivity contribution in [2.75, 3.05) is 6.54 Å². The number of carbonyl (C=O) groups is 1. The molecule has 0 aromatic heterocycles. The van der Waals surface area contributed by atoms with Gasteiger partial charge in [-0.3, -0.25) is 4.79 Å². The predicted molar refractivity (Wildman–Crippen MR) is 71.2 cm³/mol. The van der Waals surface area contributed by atoms with Gasteiger partial charge in [0.15, 0.2) is 0 Å². The molecule has 2 nitrogen and oxygen atoms in total. The molecule has 0 atom stereocenters. The fourth-order valence-corrected chi connectivity index (χ4v) is 1.88. The second-order valence-electron chi connectivity index (χ2n) is 5.16. The fraction of sp³-hybridized carbons (Fsp3) is 0.929. The molecule has 0 rings (SSSR count). The number of unbranched alkanes of at least 4 members (excludes halogenated alkanes) is 8. The van der Waals surface area contributed by atoms with Crippen LogP contribution >= 0.6 is 0 Å². The van der Waals surface area contributed by atoms with Gasteiger partial charge in [-0.2, -0.15) is 22.0 Å². The summed E-state index contributed by atoms with van der Waals surface area (Å²) in [5.74, 6) is -7.58. The molecule has 7 heteroatoms. The van der Waals surface area contributed by atoms with Crippen LogP contribution < -0.4 is 5.32 Å². The molecule has 0 aliphatic heterocycles. The van der Waals surface area contributed by atoms with Gasteiger partial charge in [0.1, 0.15) is 0 Å². The molecule has 0 saturated carbocycles. The van der Waals surface area contributed by atoms with E-state index in [1.54, 1.807) is 5.32 Å². The first kappa shape index (κ1) is 20.1. The van der Waals surface area contributed by atoms with Crippen molar-refractivity contribution < 1.29 is 26.7 Å². The minimum absolute atomic E-state index is 0.152. The van der Waals surface area contributed by atoms with E-state index in [2.05, 4.69) is 6.92 Å². The van der Waals surface area contributed by atoms with Gasteiger partial charge in [0.25, 0.3) is 5.91 Å². The third-order valence-corrected chi connectivity index (χ3v) is 3.21. The van der Waals surface area contributed by atoms with E-state index in [-0.39, 0.29) is 6.54 Å².